The molecule has 0 bridgehead atoms. The van der Waals surface area contributed by atoms with Gasteiger partial charge in [-0.25, -0.2) is 0 Å². The van der Waals surface area contributed by atoms with Gasteiger partial charge in [0.25, 0.3) is 0 Å². The summed E-state index contributed by atoms with van der Waals surface area (Å²) in [6.07, 6.45) is 5.71. The minimum atomic E-state index is 0.604. The Labute approximate surface area is 66.7 Å². The molecule has 2 heteroatoms. The molecular formula is C8H15NS. The van der Waals surface area contributed by atoms with Crippen LogP contribution in [0.15, 0.2) is 0 Å². The van der Waals surface area contributed by atoms with E-state index in [1.807, 2.05) is 0 Å². The predicted molar refractivity (Wildman–Crippen MR) is 46.2 cm³/mol. The van der Waals surface area contributed by atoms with Crippen molar-refractivity contribution in [2.75, 3.05) is 12.3 Å². The number of hydrogen-bond acceptors (Lipinski definition) is 2. The summed E-state index contributed by atoms with van der Waals surface area (Å²) in [6.45, 7) is 0.923. The molecule has 0 aromatic rings. The van der Waals surface area contributed by atoms with Crippen LogP contribution in [0.25, 0.3) is 0 Å². The molecule has 0 spiro atoms. The Morgan fingerprint density at radius 1 is 1.40 bits per heavy atom. The molecule has 2 rings (SSSR count). The number of rotatable bonds is 4. The highest BCUT2D eigenvalue weighted by Crippen LogP contribution is 2.49. The van der Waals surface area contributed by atoms with Crippen molar-refractivity contribution >= 4 is 11.8 Å². The van der Waals surface area contributed by atoms with Crippen molar-refractivity contribution in [3.8, 4) is 0 Å². The first-order chi connectivity index (χ1) is 4.85. The Hall–Kier alpha value is 0.310. The monoisotopic (exact) mass is 157 g/mol. The fraction of sp³-hybridized carbons (Fsp3) is 1.00. The van der Waals surface area contributed by atoms with Gasteiger partial charge in [0, 0.05) is 11.0 Å². The lowest BCUT2D eigenvalue weighted by molar-refractivity contribution is 0.600. The molecule has 0 atom stereocenters. The fourth-order valence-corrected chi connectivity index (χ4v) is 2.58. The van der Waals surface area contributed by atoms with Crippen LogP contribution in [-0.2, 0) is 0 Å². The number of thioether (sulfide) groups is 1. The van der Waals surface area contributed by atoms with Gasteiger partial charge in [0.1, 0.15) is 0 Å². The van der Waals surface area contributed by atoms with Gasteiger partial charge in [-0.2, -0.15) is 11.8 Å². The standard InChI is InChI=1S/C8H15NS/c9-5-8(3-4-8)6-10-7-1-2-7/h7H,1-6,9H2. The Morgan fingerprint density at radius 3 is 2.50 bits per heavy atom. The normalized spacial score (nSPS) is 28.5. The smallest absolute Gasteiger partial charge is 0.00480 e. The molecule has 0 amide bonds. The summed E-state index contributed by atoms with van der Waals surface area (Å²) in [5.74, 6) is 1.34. The van der Waals surface area contributed by atoms with Gasteiger partial charge < -0.3 is 5.73 Å². The molecule has 1 nitrogen and oxygen atoms in total. The zero-order chi connectivity index (χ0) is 7.03. The lowest BCUT2D eigenvalue weighted by Gasteiger charge is -2.09. The highest BCUT2D eigenvalue weighted by molar-refractivity contribution is 8.00. The van der Waals surface area contributed by atoms with Crippen molar-refractivity contribution < 1.29 is 0 Å². The van der Waals surface area contributed by atoms with E-state index in [1.165, 1.54) is 31.4 Å². The maximum absolute atomic E-state index is 5.66. The Bertz CT molecular complexity index is 127. The van der Waals surface area contributed by atoms with Crippen LogP contribution in [0.3, 0.4) is 0 Å². The largest absolute Gasteiger partial charge is 0.330 e. The predicted octanol–water partition coefficient (Wildman–Crippen LogP) is 1.62. The van der Waals surface area contributed by atoms with E-state index in [9.17, 15) is 0 Å². The van der Waals surface area contributed by atoms with Crippen molar-refractivity contribution in [1.29, 1.82) is 0 Å². The summed E-state index contributed by atoms with van der Waals surface area (Å²) in [4.78, 5) is 0. The van der Waals surface area contributed by atoms with Gasteiger partial charge in [0.05, 0.1) is 0 Å². The molecule has 0 aromatic heterocycles. The average Bonchev–Trinajstić information content (AvgIpc) is 2.83. The number of hydrogen-bond donors (Lipinski definition) is 1. The second kappa shape index (κ2) is 2.42. The Balaban J connectivity index is 1.68. The van der Waals surface area contributed by atoms with Crippen LogP contribution in [0.1, 0.15) is 25.7 Å². The van der Waals surface area contributed by atoms with E-state index >= 15 is 0 Å². The van der Waals surface area contributed by atoms with Crippen LogP contribution in [0.2, 0.25) is 0 Å². The molecular weight excluding hydrogens is 142 g/mol. The first kappa shape index (κ1) is 6.99. The van der Waals surface area contributed by atoms with E-state index in [0.29, 0.717) is 5.41 Å². The maximum Gasteiger partial charge on any atom is 0.00480 e. The molecule has 0 heterocycles. The zero-order valence-corrected chi connectivity index (χ0v) is 7.12. The van der Waals surface area contributed by atoms with Crippen LogP contribution < -0.4 is 5.73 Å². The first-order valence-electron chi connectivity index (χ1n) is 4.16. The molecule has 58 valence electrons. The Morgan fingerprint density at radius 2 is 2.10 bits per heavy atom. The van der Waals surface area contributed by atoms with E-state index in [2.05, 4.69) is 11.8 Å². The van der Waals surface area contributed by atoms with Crippen LogP contribution in [0.4, 0.5) is 0 Å². The van der Waals surface area contributed by atoms with Gasteiger partial charge in [-0.1, -0.05) is 0 Å². The lowest BCUT2D eigenvalue weighted by atomic mass is 10.1. The molecule has 0 saturated heterocycles. The summed E-state index contributed by atoms with van der Waals surface area (Å²) in [5, 5.41) is 1.02. The molecule has 2 fully saturated rings. The van der Waals surface area contributed by atoms with E-state index < -0.39 is 0 Å². The molecule has 0 aliphatic heterocycles. The molecule has 0 unspecified atom stereocenters. The molecule has 0 radical (unpaired) electrons. The van der Waals surface area contributed by atoms with E-state index in [1.54, 1.807) is 0 Å². The van der Waals surface area contributed by atoms with Gasteiger partial charge in [0.15, 0.2) is 0 Å². The highest BCUT2D eigenvalue weighted by Gasteiger charge is 2.42. The Kier molecular flexibility index (Phi) is 1.69. The van der Waals surface area contributed by atoms with Crippen LogP contribution in [-0.4, -0.2) is 17.5 Å². The zero-order valence-electron chi connectivity index (χ0n) is 6.31. The van der Waals surface area contributed by atoms with E-state index in [4.69, 9.17) is 5.73 Å². The van der Waals surface area contributed by atoms with E-state index in [-0.39, 0.29) is 0 Å². The minimum absolute atomic E-state index is 0.604. The fourth-order valence-electron chi connectivity index (χ4n) is 1.11. The maximum atomic E-state index is 5.66. The highest BCUT2D eigenvalue weighted by atomic mass is 32.2. The molecule has 10 heavy (non-hydrogen) atoms. The lowest BCUT2D eigenvalue weighted by Crippen LogP contribution is -2.17. The van der Waals surface area contributed by atoms with Crippen molar-refractivity contribution in [2.45, 2.75) is 30.9 Å². The quantitative estimate of drug-likeness (QED) is 0.671. The summed E-state index contributed by atoms with van der Waals surface area (Å²) in [5.41, 5.74) is 6.27. The second-order valence-electron chi connectivity index (χ2n) is 3.71. The average molecular weight is 157 g/mol. The van der Waals surface area contributed by atoms with Crippen molar-refractivity contribution in [3.05, 3.63) is 0 Å². The van der Waals surface area contributed by atoms with Crippen molar-refractivity contribution in [3.63, 3.8) is 0 Å². The van der Waals surface area contributed by atoms with Crippen molar-refractivity contribution in [2.24, 2.45) is 11.1 Å². The van der Waals surface area contributed by atoms with Gasteiger partial charge >= 0.3 is 0 Å². The molecule has 0 aromatic carbocycles. The van der Waals surface area contributed by atoms with Gasteiger partial charge in [-0.15, -0.1) is 0 Å². The van der Waals surface area contributed by atoms with Crippen LogP contribution in [0.5, 0.6) is 0 Å². The third-order valence-corrected chi connectivity index (χ3v) is 4.26. The first-order valence-corrected chi connectivity index (χ1v) is 5.21. The summed E-state index contributed by atoms with van der Waals surface area (Å²) in [6, 6.07) is 0. The summed E-state index contributed by atoms with van der Waals surface area (Å²) in [7, 11) is 0. The van der Waals surface area contributed by atoms with E-state index in [0.717, 1.165) is 11.8 Å². The van der Waals surface area contributed by atoms with Gasteiger partial charge in [-0.3, -0.25) is 0 Å². The van der Waals surface area contributed by atoms with Crippen molar-refractivity contribution in [1.82, 2.24) is 0 Å². The molecule has 2 aliphatic rings. The molecule has 2 saturated carbocycles. The minimum Gasteiger partial charge on any atom is -0.330 e. The summed E-state index contributed by atoms with van der Waals surface area (Å²) >= 11 is 2.16. The molecule has 2 N–H and O–H groups in total. The third-order valence-electron chi connectivity index (χ3n) is 2.54. The topological polar surface area (TPSA) is 26.0 Å². The SMILES string of the molecule is NCC1(CSC2CC2)CC1. The van der Waals surface area contributed by atoms with Gasteiger partial charge in [0.2, 0.25) is 0 Å². The summed E-state index contributed by atoms with van der Waals surface area (Å²) < 4.78 is 0. The van der Waals surface area contributed by atoms with Crippen LogP contribution in [0, 0.1) is 5.41 Å². The third kappa shape index (κ3) is 1.48. The molecule has 2 aliphatic carbocycles. The van der Waals surface area contributed by atoms with Crippen LogP contribution >= 0.6 is 11.8 Å². The number of nitrogens with two attached hydrogens (primary N) is 1. The second-order valence-corrected chi connectivity index (χ2v) is 5.00. The van der Waals surface area contributed by atoms with Gasteiger partial charge in [-0.05, 0) is 37.6 Å².